The Hall–Kier alpha value is -4.01. The lowest BCUT2D eigenvalue weighted by Gasteiger charge is -2.13. The van der Waals surface area contributed by atoms with E-state index in [0.717, 1.165) is 5.56 Å². The number of carbonyl (C=O) groups excluding carboxylic acids is 3. The minimum absolute atomic E-state index is 0.136. The Kier molecular flexibility index (Phi) is 5.01. The van der Waals surface area contributed by atoms with Crippen LogP contribution in [0.15, 0.2) is 51.8 Å². The molecule has 1 aliphatic heterocycles. The van der Waals surface area contributed by atoms with Crippen molar-refractivity contribution in [2.24, 2.45) is 0 Å². The topological polar surface area (TPSA) is 125 Å². The predicted molar refractivity (Wildman–Crippen MR) is 107 cm³/mol. The third kappa shape index (κ3) is 3.77. The van der Waals surface area contributed by atoms with Crippen LogP contribution < -0.4 is 11.1 Å². The van der Waals surface area contributed by atoms with Crippen molar-refractivity contribution in [3.05, 3.63) is 69.7 Å². The summed E-state index contributed by atoms with van der Waals surface area (Å²) in [6.07, 6.45) is 0.476. The van der Waals surface area contributed by atoms with Crippen molar-refractivity contribution in [2.75, 3.05) is 11.9 Å². The number of anilines is 1. The van der Waals surface area contributed by atoms with Crippen molar-refractivity contribution in [1.82, 2.24) is 15.0 Å². The van der Waals surface area contributed by atoms with Crippen LogP contribution >= 0.6 is 0 Å². The van der Waals surface area contributed by atoms with E-state index in [2.05, 4.69) is 20.0 Å². The number of amides is 3. The second-order valence-corrected chi connectivity index (χ2v) is 6.99. The Morgan fingerprint density at radius 1 is 1.10 bits per heavy atom. The Morgan fingerprint density at radius 3 is 2.67 bits per heavy atom. The molecule has 152 valence electrons. The molecule has 0 fully saturated rings. The lowest BCUT2D eigenvalue weighted by molar-refractivity contribution is -0.116. The van der Waals surface area contributed by atoms with Gasteiger partial charge in [0.1, 0.15) is 0 Å². The average molecular weight is 406 g/mol. The van der Waals surface area contributed by atoms with Gasteiger partial charge in [-0.05, 0) is 37.6 Å². The highest BCUT2D eigenvalue weighted by Gasteiger charge is 2.34. The molecular weight excluding hydrogens is 388 g/mol. The molecule has 3 aromatic rings. The molecule has 1 aliphatic rings. The van der Waals surface area contributed by atoms with Gasteiger partial charge in [-0.2, -0.15) is 0 Å². The summed E-state index contributed by atoms with van der Waals surface area (Å²) in [6, 6.07) is 11.9. The fourth-order valence-electron chi connectivity index (χ4n) is 3.33. The first-order chi connectivity index (χ1) is 14.4. The zero-order chi connectivity index (χ0) is 21.3. The minimum Gasteiger partial charge on any atom is -0.326 e. The monoisotopic (exact) mass is 406 g/mol. The average Bonchev–Trinajstić information content (AvgIpc) is 3.25. The molecule has 0 saturated heterocycles. The van der Waals surface area contributed by atoms with Gasteiger partial charge in [-0.25, -0.2) is 4.79 Å². The second kappa shape index (κ2) is 7.78. The summed E-state index contributed by atoms with van der Waals surface area (Å²) in [5, 5.41) is 6.37. The molecule has 0 atom stereocenters. The summed E-state index contributed by atoms with van der Waals surface area (Å²) in [7, 11) is 0. The number of hydrogen-bond donors (Lipinski definition) is 2. The van der Waals surface area contributed by atoms with Crippen LogP contribution in [0, 0.1) is 6.92 Å². The molecule has 30 heavy (non-hydrogen) atoms. The summed E-state index contributed by atoms with van der Waals surface area (Å²) in [5.41, 5.74) is 2.83. The Bertz CT molecular complexity index is 1210. The maximum Gasteiger partial charge on any atom is 0.439 e. The van der Waals surface area contributed by atoms with Gasteiger partial charge in [0.2, 0.25) is 5.91 Å². The number of benzene rings is 2. The van der Waals surface area contributed by atoms with Gasteiger partial charge in [-0.1, -0.05) is 28.9 Å². The van der Waals surface area contributed by atoms with E-state index in [1.165, 1.54) is 4.90 Å². The molecule has 2 heterocycles. The molecule has 3 amide bonds. The van der Waals surface area contributed by atoms with Crippen LogP contribution in [0.5, 0.6) is 0 Å². The normalized spacial score (nSPS) is 12.9. The quantitative estimate of drug-likeness (QED) is 0.605. The lowest BCUT2D eigenvalue weighted by atomic mass is 10.1. The zero-order valence-electron chi connectivity index (χ0n) is 16.1. The van der Waals surface area contributed by atoms with E-state index in [0.29, 0.717) is 28.8 Å². The van der Waals surface area contributed by atoms with Gasteiger partial charge in [0.25, 0.3) is 11.8 Å². The van der Waals surface area contributed by atoms with Gasteiger partial charge in [-0.3, -0.25) is 28.8 Å². The molecule has 0 saturated carbocycles. The summed E-state index contributed by atoms with van der Waals surface area (Å²) in [5.74, 6) is -1.31. The number of nitrogens with zero attached hydrogens (tertiary/aromatic N) is 2. The van der Waals surface area contributed by atoms with Gasteiger partial charge >= 0.3 is 5.76 Å². The molecule has 0 spiro atoms. The van der Waals surface area contributed by atoms with Crippen molar-refractivity contribution >= 4 is 23.4 Å². The van der Waals surface area contributed by atoms with E-state index in [9.17, 15) is 19.2 Å². The number of aromatic nitrogens is 2. The minimum atomic E-state index is -0.664. The lowest BCUT2D eigenvalue weighted by Crippen LogP contribution is -2.31. The number of aryl methyl sites for hydroxylation is 1. The Labute approximate surface area is 170 Å². The van der Waals surface area contributed by atoms with Crippen molar-refractivity contribution in [3.8, 4) is 11.4 Å². The molecule has 9 heteroatoms. The standard InChI is InChI=1S/C21H18N4O5/c1-12-7-8-15-16(10-12)20(28)25(19(15)27)9-3-6-17(26)22-14-5-2-4-13(11-14)18-23-21(29)30-24-18/h2,4-5,7-8,10-11H,3,6,9H2,1H3,(H,22,26)(H,23,24,29). The van der Waals surface area contributed by atoms with Crippen molar-refractivity contribution in [2.45, 2.75) is 19.8 Å². The summed E-state index contributed by atoms with van der Waals surface area (Å²) in [4.78, 5) is 51.9. The van der Waals surface area contributed by atoms with E-state index in [-0.39, 0.29) is 36.5 Å². The van der Waals surface area contributed by atoms with Gasteiger partial charge < -0.3 is 5.32 Å². The van der Waals surface area contributed by atoms with Crippen LogP contribution in [-0.4, -0.2) is 39.3 Å². The molecule has 0 bridgehead atoms. The maximum atomic E-state index is 12.5. The fraction of sp³-hybridized carbons (Fsp3) is 0.190. The highest BCUT2D eigenvalue weighted by atomic mass is 16.5. The van der Waals surface area contributed by atoms with Crippen LogP contribution in [0.4, 0.5) is 5.69 Å². The predicted octanol–water partition coefficient (Wildman–Crippen LogP) is 2.35. The van der Waals surface area contributed by atoms with Crippen molar-refractivity contribution in [1.29, 1.82) is 0 Å². The molecule has 4 rings (SSSR count). The first kappa shape index (κ1) is 19.3. The number of aromatic amines is 1. The number of carbonyl (C=O) groups is 3. The fourth-order valence-corrected chi connectivity index (χ4v) is 3.33. The van der Waals surface area contributed by atoms with E-state index >= 15 is 0 Å². The SMILES string of the molecule is Cc1ccc2c(c1)C(=O)N(CCCC(=O)Nc1cccc(-c3noc(=O)[nH]3)c1)C2=O. The molecular formula is C21H18N4O5. The third-order valence-electron chi connectivity index (χ3n) is 4.77. The van der Waals surface area contributed by atoms with Gasteiger partial charge in [0, 0.05) is 24.2 Å². The molecule has 0 radical (unpaired) electrons. The van der Waals surface area contributed by atoms with Crippen LogP contribution in [0.2, 0.25) is 0 Å². The van der Waals surface area contributed by atoms with Crippen molar-refractivity contribution in [3.63, 3.8) is 0 Å². The van der Waals surface area contributed by atoms with Gasteiger partial charge in [-0.15, -0.1) is 0 Å². The van der Waals surface area contributed by atoms with Gasteiger partial charge in [0.05, 0.1) is 11.1 Å². The van der Waals surface area contributed by atoms with E-state index in [4.69, 9.17) is 0 Å². The summed E-state index contributed by atoms with van der Waals surface area (Å²) >= 11 is 0. The highest BCUT2D eigenvalue weighted by molar-refractivity contribution is 6.21. The molecule has 0 unspecified atom stereocenters. The van der Waals surface area contributed by atoms with E-state index in [1.807, 2.05) is 6.92 Å². The number of imide groups is 1. The summed E-state index contributed by atoms with van der Waals surface area (Å²) < 4.78 is 4.48. The van der Waals surface area contributed by atoms with Crippen LogP contribution in [0.1, 0.15) is 39.1 Å². The molecule has 0 aliphatic carbocycles. The molecule has 2 N–H and O–H groups in total. The molecule has 2 aromatic carbocycles. The largest absolute Gasteiger partial charge is 0.439 e. The third-order valence-corrected chi connectivity index (χ3v) is 4.77. The molecule has 1 aromatic heterocycles. The van der Waals surface area contributed by atoms with E-state index < -0.39 is 5.76 Å². The number of nitrogens with one attached hydrogen (secondary N) is 2. The first-order valence-corrected chi connectivity index (χ1v) is 9.35. The number of H-pyrrole nitrogens is 1. The summed E-state index contributed by atoms with van der Waals surface area (Å²) in [6.45, 7) is 2.03. The Balaban J connectivity index is 1.33. The Morgan fingerprint density at radius 2 is 1.90 bits per heavy atom. The van der Waals surface area contributed by atoms with E-state index in [1.54, 1.807) is 42.5 Å². The van der Waals surface area contributed by atoms with Gasteiger partial charge in [0.15, 0.2) is 5.82 Å². The van der Waals surface area contributed by atoms with Crippen LogP contribution in [0.3, 0.4) is 0 Å². The highest BCUT2D eigenvalue weighted by Crippen LogP contribution is 2.24. The molecule has 9 nitrogen and oxygen atoms in total. The van der Waals surface area contributed by atoms with Crippen LogP contribution in [0.25, 0.3) is 11.4 Å². The maximum absolute atomic E-state index is 12.5. The van der Waals surface area contributed by atoms with Crippen molar-refractivity contribution < 1.29 is 18.9 Å². The first-order valence-electron chi connectivity index (χ1n) is 9.35. The number of hydrogen-bond acceptors (Lipinski definition) is 6. The number of rotatable bonds is 6. The van der Waals surface area contributed by atoms with Crippen LogP contribution in [-0.2, 0) is 4.79 Å². The second-order valence-electron chi connectivity index (χ2n) is 6.99. The number of fused-ring (bicyclic) bond motifs is 1. The smallest absolute Gasteiger partial charge is 0.326 e. The zero-order valence-corrected chi connectivity index (χ0v) is 16.1.